The van der Waals surface area contributed by atoms with Crippen LogP contribution in [0.15, 0.2) is 39.9 Å². The average Bonchev–Trinajstić information content (AvgIpc) is 3.21. The van der Waals surface area contributed by atoms with E-state index in [2.05, 4.69) is 70.4 Å². The second-order valence-corrected chi connectivity index (χ2v) is 8.47. The van der Waals surface area contributed by atoms with Crippen molar-refractivity contribution < 1.29 is 4.42 Å². The zero-order valence-corrected chi connectivity index (χ0v) is 19.0. The summed E-state index contributed by atoms with van der Waals surface area (Å²) in [6.07, 6.45) is 1.70. The lowest BCUT2D eigenvalue weighted by Gasteiger charge is -2.40. The van der Waals surface area contributed by atoms with Gasteiger partial charge in [0.25, 0.3) is 0 Å². The predicted octanol–water partition coefficient (Wildman–Crippen LogP) is 2.59. The summed E-state index contributed by atoms with van der Waals surface area (Å²) in [4.78, 5) is 14.0. The van der Waals surface area contributed by atoms with E-state index in [1.807, 2.05) is 12.1 Å². The number of likely N-dealkylation sites (N-methyl/N-ethyl adjacent to an activating group) is 1. The van der Waals surface area contributed by atoms with Gasteiger partial charge in [-0.1, -0.05) is 31.5 Å². The molecule has 7 nitrogen and oxygen atoms in total. The van der Waals surface area contributed by atoms with E-state index < -0.39 is 0 Å². The summed E-state index contributed by atoms with van der Waals surface area (Å²) < 4.78 is 5.65. The predicted molar refractivity (Wildman–Crippen MR) is 123 cm³/mol. The Bertz CT molecular complexity index is 805. The lowest BCUT2D eigenvalue weighted by atomic mass is 10.0. The highest BCUT2D eigenvalue weighted by Crippen LogP contribution is 2.19. The SMILES string of the molecule is CN=C(NCc1coc(-c2ccc(C)cc2)n1)NCC(C(C)C)N1CCN(C)CC1. The van der Waals surface area contributed by atoms with Crippen molar-refractivity contribution in [2.24, 2.45) is 10.9 Å². The largest absolute Gasteiger partial charge is 0.444 e. The van der Waals surface area contributed by atoms with Crippen LogP contribution in [0.5, 0.6) is 0 Å². The molecule has 30 heavy (non-hydrogen) atoms. The number of hydrogen-bond donors (Lipinski definition) is 2. The van der Waals surface area contributed by atoms with Crippen LogP contribution in [0.4, 0.5) is 0 Å². The van der Waals surface area contributed by atoms with E-state index in [0.717, 1.165) is 49.9 Å². The Labute approximate surface area is 180 Å². The van der Waals surface area contributed by atoms with E-state index in [-0.39, 0.29) is 0 Å². The second-order valence-electron chi connectivity index (χ2n) is 8.47. The number of nitrogens with one attached hydrogen (secondary N) is 2. The Morgan fingerprint density at radius 1 is 1.13 bits per heavy atom. The van der Waals surface area contributed by atoms with Gasteiger partial charge >= 0.3 is 0 Å². The van der Waals surface area contributed by atoms with Crippen LogP contribution in [-0.4, -0.2) is 73.6 Å². The minimum atomic E-state index is 0.484. The van der Waals surface area contributed by atoms with Gasteiger partial charge in [-0.05, 0) is 32.0 Å². The summed E-state index contributed by atoms with van der Waals surface area (Å²) >= 11 is 0. The molecule has 7 heteroatoms. The van der Waals surface area contributed by atoms with Crippen molar-refractivity contribution in [3.05, 3.63) is 41.8 Å². The molecule has 0 aliphatic carbocycles. The highest BCUT2D eigenvalue weighted by Gasteiger charge is 2.25. The molecular formula is C23H36N6O. The van der Waals surface area contributed by atoms with E-state index in [9.17, 15) is 0 Å². The van der Waals surface area contributed by atoms with Crippen molar-refractivity contribution in [2.75, 3.05) is 46.8 Å². The molecule has 1 aromatic carbocycles. The van der Waals surface area contributed by atoms with Crippen LogP contribution >= 0.6 is 0 Å². The second kappa shape index (κ2) is 10.6. The molecular weight excluding hydrogens is 376 g/mol. The summed E-state index contributed by atoms with van der Waals surface area (Å²) in [5.74, 6) is 2.01. The van der Waals surface area contributed by atoms with Crippen LogP contribution in [0, 0.1) is 12.8 Å². The van der Waals surface area contributed by atoms with Crippen LogP contribution in [0.3, 0.4) is 0 Å². The van der Waals surface area contributed by atoms with Gasteiger partial charge in [0.05, 0.1) is 12.2 Å². The van der Waals surface area contributed by atoms with Crippen LogP contribution in [0.1, 0.15) is 25.1 Å². The summed E-state index contributed by atoms with van der Waals surface area (Å²) in [5, 5.41) is 6.85. The molecule has 1 aliphatic heterocycles. The molecule has 164 valence electrons. The van der Waals surface area contributed by atoms with Gasteiger partial charge in [0.15, 0.2) is 5.96 Å². The first kappa shape index (κ1) is 22.3. The quantitative estimate of drug-likeness (QED) is 0.538. The van der Waals surface area contributed by atoms with E-state index in [0.29, 0.717) is 24.4 Å². The fourth-order valence-corrected chi connectivity index (χ4v) is 3.75. The van der Waals surface area contributed by atoms with Crippen molar-refractivity contribution in [3.8, 4) is 11.5 Å². The summed E-state index contributed by atoms with van der Waals surface area (Å²) in [5.41, 5.74) is 3.06. The Morgan fingerprint density at radius 2 is 1.83 bits per heavy atom. The van der Waals surface area contributed by atoms with Gasteiger partial charge in [-0.15, -0.1) is 0 Å². The Morgan fingerprint density at radius 3 is 2.47 bits per heavy atom. The molecule has 1 fully saturated rings. The first-order chi connectivity index (χ1) is 14.5. The van der Waals surface area contributed by atoms with E-state index in [1.165, 1.54) is 5.56 Å². The lowest BCUT2D eigenvalue weighted by molar-refractivity contribution is 0.0900. The van der Waals surface area contributed by atoms with Crippen molar-refractivity contribution in [1.29, 1.82) is 0 Å². The number of nitrogens with zero attached hydrogens (tertiary/aromatic N) is 4. The number of benzene rings is 1. The Kier molecular flexibility index (Phi) is 7.87. The Hall–Kier alpha value is -2.38. The topological polar surface area (TPSA) is 68.9 Å². The van der Waals surface area contributed by atoms with Crippen LogP contribution in [0.25, 0.3) is 11.5 Å². The molecule has 1 atom stereocenters. The monoisotopic (exact) mass is 412 g/mol. The fraction of sp³-hybridized carbons (Fsp3) is 0.565. The van der Waals surface area contributed by atoms with Gasteiger partial charge in [-0.3, -0.25) is 9.89 Å². The molecule has 1 unspecified atom stereocenters. The van der Waals surface area contributed by atoms with E-state index >= 15 is 0 Å². The van der Waals surface area contributed by atoms with Crippen LogP contribution < -0.4 is 10.6 Å². The van der Waals surface area contributed by atoms with Gasteiger partial charge in [0.2, 0.25) is 5.89 Å². The standard InChI is InChI=1S/C23H36N6O/c1-17(2)21(29-12-10-28(5)11-13-29)15-26-23(24-4)25-14-20-16-30-22(27-20)19-8-6-18(3)7-9-19/h6-9,16-17,21H,10-15H2,1-5H3,(H2,24,25,26). The number of aryl methyl sites for hydroxylation is 1. The maximum atomic E-state index is 5.65. The lowest BCUT2D eigenvalue weighted by Crippen LogP contribution is -2.55. The maximum absolute atomic E-state index is 5.65. The third-order valence-corrected chi connectivity index (χ3v) is 5.77. The van der Waals surface area contributed by atoms with Gasteiger partial charge in [0, 0.05) is 51.4 Å². The van der Waals surface area contributed by atoms with E-state index in [1.54, 1.807) is 13.3 Å². The first-order valence-corrected chi connectivity index (χ1v) is 10.8. The molecule has 2 heterocycles. The van der Waals surface area contributed by atoms with Crippen molar-refractivity contribution in [3.63, 3.8) is 0 Å². The smallest absolute Gasteiger partial charge is 0.226 e. The minimum Gasteiger partial charge on any atom is -0.444 e. The van der Waals surface area contributed by atoms with E-state index in [4.69, 9.17) is 4.42 Å². The number of hydrogen-bond acceptors (Lipinski definition) is 5. The normalized spacial score (nSPS) is 17.3. The first-order valence-electron chi connectivity index (χ1n) is 10.8. The molecule has 1 aliphatic rings. The number of aliphatic imine (C=N–C) groups is 1. The summed E-state index contributed by atoms with van der Waals surface area (Å²) in [6, 6.07) is 8.67. The third-order valence-electron chi connectivity index (χ3n) is 5.77. The highest BCUT2D eigenvalue weighted by atomic mass is 16.3. The molecule has 0 radical (unpaired) electrons. The maximum Gasteiger partial charge on any atom is 0.226 e. The number of piperazine rings is 1. The zero-order valence-electron chi connectivity index (χ0n) is 19.0. The molecule has 0 bridgehead atoms. The van der Waals surface area contributed by atoms with Gasteiger partial charge in [-0.25, -0.2) is 4.98 Å². The number of aromatic nitrogens is 1. The van der Waals surface area contributed by atoms with Gasteiger partial charge in [-0.2, -0.15) is 0 Å². The molecule has 0 amide bonds. The molecule has 1 aromatic heterocycles. The molecule has 0 saturated carbocycles. The zero-order chi connectivity index (χ0) is 21.5. The molecule has 3 rings (SSSR count). The van der Waals surface area contributed by atoms with Gasteiger partial charge in [0.1, 0.15) is 6.26 Å². The van der Waals surface area contributed by atoms with Crippen LogP contribution in [-0.2, 0) is 6.54 Å². The van der Waals surface area contributed by atoms with Crippen molar-refractivity contribution in [1.82, 2.24) is 25.4 Å². The number of guanidine groups is 1. The Balaban J connectivity index is 1.51. The van der Waals surface area contributed by atoms with Crippen molar-refractivity contribution in [2.45, 2.75) is 33.4 Å². The minimum absolute atomic E-state index is 0.484. The molecule has 2 N–H and O–H groups in total. The molecule has 2 aromatic rings. The summed E-state index contributed by atoms with van der Waals surface area (Å²) in [6.45, 7) is 12.6. The molecule has 1 saturated heterocycles. The van der Waals surface area contributed by atoms with Gasteiger partial charge < -0.3 is 20.0 Å². The third kappa shape index (κ3) is 6.06. The molecule has 0 spiro atoms. The average molecular weight is 413 g/mol. The van der Waals surface area contributed by atoms with Crippen LogP contribution in [0.2, 0.25) is 0 Å². The van der Waals surface area contributed by atoms with Crippen molar-refractivity contribution >= 4 is 5.96 Å². The number of oxazole rings is 1. The summed E-state index contributed by atoms with van der Waals surface area (Å²) in [7, 11) is 4.00. The fourth-order valence-electron chi connectivity index (χ4n) is 3.75. The highest BCUT2D eigenvalue weighted by molar-refractivity contribution is 5.79. The number of rotatable bonds is 7.